The summed E-state index contributed by atoms with van der Waals surface area (Å²) in [6.45, 7) is 6.35. The highest BCUT2D eigenvalue weighted by Crippen LogP contribution is 2.19. The molecule has 0 bridgehead atoms. The maximum atomic E-state index is 12.6. The summed E-state index contributed by atoms with van der Waals surface area (Å²) in [6, 6.07) is 16.7. The van der Waals surface area contributed by atoms with Crippen LogP contribution in [0.5, 0.6) is 0 Å². The molecule has 140 valence electrons. The fourth-order valence-electron chi connectivity index (χ4n) is 2.67. The second-order valence-corrected chi connectivity index (χ2v) is 8.17. The van der Waals surface area contributed by atoms with E-state index in [1.54, 1.807) is 31.2 Å². The fourth-order valence-corrected chi connectivity index (χ4v) is 3.90. The first-order valence-electron chi connectivity index (χ1n) is 8.57. The number of anilines is 2. The van der Waals surface area contributed by atoms with E-state index in [1.807, 2.05) is 44.2 Å². The highest BCUT2D eigenvalue weighted by molar-refractivity contribution is 7.92. The molecule has 0 aliphatic carbocycles. The van der Waals surface area contributed by atoms with Crippen LogP contribution >= 0.6 is 0 Å². The van der Waals surface area contributed by atoms with Crippen molar-refractivity contribution in [3.8, 4) is 0 Å². The SMILES string of the molecule is Cc1ccc(CNc2ccc(NS(=O)(=O)c3ccc(C)cc3C)nn2)cc1. The average molecular weight is 382 g/mol. The standard InChI is InChI=1S/C20H22N4O2S/c1-14-4-7-17(8-5-14)13-21-19-10-11-20(23-22-19)24-27(25,26)18-9-6-15(2)12-16(18)3/h4-12H,13H2,1-3H3,(H,21,22)(H,23,24). The minimum absolute atomic E-state index is 0.177. The largest absolute Gasteiger partial charge is 0.365 e. The summed E-state index contributed by atoms with van der Waals surface area (Å²) in [7, 11) is -3.71. The Labute approximate surface area is 159 Å². The van der Waals surface area contributed by atoms with Crippen molar-refractivity contribution in [3.05, 3.63) is 76.9 Å². The monoisotopic (exact) mass is 382 g/mol. The van der Waals surface area contributed by atoms with Gasteiger partial charge in [-0.3, -0.25) is 4.72 Å². The van der Waals surface area contributed by atoms with Crippen LogP contribution in [0.15, 0.2) is 59.5 Å². The smallest absolute Gasteiger partial charge is 0.263 e. The lowest BCUT2D eigenvalue weighted by atomic mass is 10.1. The minimum Gasteiger partial charge on any atom is -0.365 e. The van der Waals surface area contributed by atoms with Crippen molar-refractivity contribution in [1.29, 1.82) is 0 Å². The maximum Gasteiger partial charge on any atom is 0.263 e. The highest BCUT2D eigenvalue weighted by Gasteiger charge is 2.17. The molecule has 0 aliphatic rings. The lowest BCUT2D eigenvalue weighted by Gasteiger charge is -2.10. The van der Waals surface area contributed by atoms with Crippen LogP contribution in [-0.2, 0) is 16.6 Å². The summed E-state index contributed by atoms with van der Waals surface area (Å²) in [4.78, 5) is 0.233. The van der Waals surface area contributed by atoms with Crippen molar-refractivity contribution in [1.82, 2.24) is 10.2 Å². The van der Waals surface area contributed by atoms with Crippen LogP contribution in [-0.4, -0.2) is 18.6 Å². The zero-order valence-electron chi connectivity index (χ0n) is 15.5. The van der Waals surface area contributed by atoms with E-state index in [1.165, 1.54) is 5.56 Å². The minimum atomic E-state index is -3.71. The number of aromatic nitrogens is 2. The molecule has 0 aliphatic heterocycles. The Morgan fingerprint density at radius 2 is 1.44 bits per heavy atom. The molecule has 2 aromatic carbocycles. The van der Waals surface area contributed by atoms with E-state index in [2.05, 4.69) is 20.2 Å². The molecule has 0 fully saturated rings. The molecule has 1 aromatic heterocycles. The molecule has 0 saturated heterocycles. The van der Waals surface area contributed by atoms with E-state index in [0.717, 1.165) is 11.1 Å². The lowest BCUT2D eigenvalue weighted by molar-refractivity contribution is 0.600. The van der Waals surface area contributed by atoms with Crippen molar-refractivity contribution in [2.45, 2.75) is 32.2 Å². The number of rotatable bonds is 6. The summed E-state index contributed by atoms with van der Waals surface area (Å²) in [6.07, 6.45) is 0. The molecule has 1 heterocycles. The van der Waals surface area contributed by atoms with Crippen molar-refractivity contribution >= 4 is 21.7 Å². The van der Waals surface area contributed by atoms with Gasteiger partial charge in [0.05, 0.1) is 4.90 Å². The molecule has 0 saturated carbocycles. The van der Waals surface area contributed by atoms with Gasteiger partial charge >= 0.3 is 0 Å². The van der Waals surface area contributed by atoms with Gasteiger partial charge in [0.15, 0.2) is 5.82 Å². The summed E-state index contributed by atoms with van der Waals surface area (Å²) in [5.41, 5.74) is 4.03. The molecule has 7 heteroatoms. The van der Waals surface area contributed by atoms with Gasteiger partial charge in [-0.1, -0.05) is 47.5 Å². The molecule has 2 N–H and O–H groups in total. The molecule has 0 unspecified atom stereocenters. The summed E-state index contributed by atoms with van der Waals surface area (Å²) in [5, 5.41) is 11.2. The Hall–Kier alpha value is -2.93. The van der Waals surface area contributed by atoms with Crippen LogP contribution in [0.25, 0.3) is 0 Å². The van der Waals surface area contributed by atoms with Crippen LogP contribution in [0.2, 0.25) is 0 Å². The lowest BCUT2D eigenvalue weighted by Crippen LogP contribution is -2.15. The van der Waals surface area contributed by atoms with Gasteiger partial charge in [0.25, 0.3) is 10.0 Å². The third-order valence-corrected chi connectivity index (χ3v) is 5.63. The predicted octanol–water partition coefficient (Wildman–Crippen LogP) is 3.81. The first-order chi connectivity index (χ1) is 12.8. The zero-order valence-corrected chi connectivity index (χ0v) is 16.3. The second-order valence-electron chi connectivity index (χ2n) is 6.52. The number of sulfonamides is 1. The maximum absolute atomic E-state index is 12.6. The molecule has 3 aromatic rings. The van der Waals surface area contributed by atoms with Gasteiger partial charge in [0.1, 0.15) is 5.82 Å². The van der Waals surface area contributed by atoms with Crippen LogP contribution < -0.4 is 10.0 Å². The van der Waals surface area contributed by atoms with E-state index in [-0.39, 0.29) is 10.7 Å². The van der Waals surface area contributed by atoms with Crippen LogP contribution in [0, 0.1) is 20.8 Å². The van der Waals surface area contributed by atoms with Gasteiger partial charge in [0.2, 0.25) is 0 Å². The number of nitrogens with one attached hydrogen (secondary N) is 2. The predicted molar refractivity (Wildman–Crippen MR) is 107 cm³/mol. The first-order valence-corrected chi connectivity index (χ1v) is 10.0. The van der Waals surface area contributed by atoms with E-state index < -0.39 is 10.0 Å². The van der Waals surface area contributed by atoms with E-state index in [9.17, 15) is 8.42 Å². The second kappa shape index (κ2) is 7.75. The van der Waals surface area contributed by atoms with Gasteiger partial charge in [-0.15, -0.1) is 10.2 Å². The number of nitrogens with zero attached hydrogens (tertiary/aromatic N) is 2. The molecule has 27 heavy (non-hydrogen) atoms. The van der Waals surface area contributed by atoms with Crippen LogP contribution in [0.4, 0.5) is 11.6 Å². The highest BCUT2D eigenvalue weighted by atomic mass is 32.2. The van der Waals surface area contributed by atoms with Crippen LogP contribution in [0.1, 0.15) is 22.3 Å². The van der Waals surface area contributed by atoms with Gasteiger partial charge in [-0.05, 0) is 50.1 Å². The summed E-state index contributed by atoms with van der Waals surface area (Å²) >= 11 is 0. The molecular formula is C20H22N4O2S. The Kier molecular flexibility index (Phi) is 5.41. The van der Waals surface area contributed by atoms with Crippen molar-refractivity contribution in [2.24, 2.45) is 0 Å². The number of aryl methyl sites for hydroxylation is 3. The molecular weight excluding hydrogens is 360 g/mol. The quantitative estimate of drug-likeness (QED) is 0.677. The van der Waals surface area contributed by atoms with Crippen molar-refractivity contribution in [3.63, 3.8) is 0 Å². The molecule has 0 spiro atoms. The molecule has 0 amide bonds. The summed E-state index contributed by atoms with van der Waals surface area (Å²) < 4.78 is 27.6. The number of hydrogen-bond acceptors (Lipinski definition) is 5. The van der Waals surface area contributed by atoms with Crippen molar-refractivity contribution in [2.75, 3.05) is 10.0 Å². The number of hydrogen-bond donors (Lipinski definition) is 2. The Balaban J connectivity index is 1.67. The fraction of sp³-hybridized carbons (Fsp3) is 0.200. The van der Waals surface area contributed by atoms with Crippen molar-refractivity contribution < 1.29 is 8.42 Å². The molecule has 0 atom stereocenters. The van der Waals surface area contributed by atoms with E-state index >= 15 is 0 Å². The number of benzene rings is 2. The third kappa shape index (κ3) is 4.83. The molecule has 3 rings (SSSR count). The Morgan fingerprint density at radius 1 is 0.815 bits per heavy atom. The van der Waals surface area contributed by atoms with Gasteiger partial charge in [-0.25, -0.2) is 8.42 Å². The van der Waals surface area contributed by atoms with E-state index in [0.29, 0.717) is 17.9 Å². The Morgan fingerprint density at radius 3 is 2.07 bits per heavy atom. The summed E-state index contributed by atoms with van der Waals surface area (Å²) in [5.74, 6) is 0.751. The normalized spacial score (nSPS) is 11.2. The average Bonchev–Trinajstić information content (AvgIpc) is 2.62. The van der Waals surface area contributed by atoms with Crippen LogP contribution in [0.3, 0.4) is 0 Å². The molecule has 6 nitrogen and oxygen atoms in total. The Bertz CT molecular complexity index is 1030. The third-order valence-electron chi connectivity index (χ3n) is 4.12. The van der Waals surface area contributed by atoms with Gasteiger partial charge in [0, 0.05) is 6.54 Å². The topological polar surface area (TPSA) is 84.0 Å². The van der Waals surface area contributed by atoms with E-state index in [4.69, 9.17) is 0 Å². The molecule has 0 radical (unpaired) electrons. The first kappa shape index (κ1) is 18.8. The van der Waals surface area contributed by atoms with Gasteiger partial charge < -0.3 is 5.32 Å². The zero-order chi connectivity index (χ0) is 19.4. The van der Waals surface area contributed by atoms with Gasteiger partial charge in [-0.2, -0.15) is 0 Å².